The summed E-state index contributed by atoms with van der Waals surface area (Å²) in [5, 5.41) is 1.15. The number of fused-ring (bicyclic) bond motifs is 1. The number of methoxy groups -OCH3 is 2. The number of aryl methyl sites for hydroxylation is 1. The van der Waals surface area contributed by atoms with E-state index in [0.717, 1.165) is 12.1 Å². The van der Waals surface area contributed by atoms with Gasteiger partial charge >= 0.3 is 0 Å². The van der Waals surface area contributed by atoms with Gasteiger partial charge in [-0.25, -0.2) is 4.98 Å². The number of anilines is 1. The predicted octanol–water partition coefficient (Wildman–Crippen LogP) is 2.75. The number of hydrazine groups is 1. The second-order valence-electron chi connectivity index (χ2n) is 3.98. The van der Waals surface area contributed by atoms with Gasteiger partial charge in [-0.1, -0.05) is 18.5 Å². The monoisotopic (exact) mass is 281 g/mol. The van der Waals surface area contributed by atoms with E-state index in [-0.39, 0.29) is 0 Å². The maximum atomic E-state index is 6.33. The standard InChI is InChI=1S/C13H16ClN3O2/c1-4-7-5-8(17-15)11-12(14)9(18-2)6-10(19-3)13(11)16-7/h5-6H,4,15H2,1-3H3,(H,16,17). The molecule has 0 radical (unpaired) electrons. The lowest BCUT2D eigenvalue weighted by atomic mass is 10.1. The number of nitrogens with two attached hydrogens (primary N) is 1. The van der Waals surface area contributed by atoms with Crippen LogP contribution < -0.4 is 20.7 Å². The second kappa shape index (κ2) is 5.50. The van der Waals surface area contributed by atoms with E-state index in [0.29, 0.717) is 33.1 Å². The summed E-state index contributed by atoms with van der Waals surface area (Å²) in [6.45, 7) is 2.02. The molecule has 2 rings (SSSR count). The Morgan fingerprint density at radius 2 is 1.95 bits per heavy atom. The van der Waals surface area contributed by atoms with E-state index in [1.54, 1.807) is 20.3 Å². The largest absolute Gasteiger partial charge is 0.495 e. The highest BCUT2D eigenvalue weighted by atomic mass is 35.5. The van der Waals surface area contributed by atoms with Gasteiger partial charge in [0, 0.05) is 11.8 Å². The summed E-state index contributed by atoms with van der Waals surface area (Å²) in [4.78, 5) is 4.55. The van der Waals surface area contributed by atoms with Gasteiger partial charge in [0.2, 0.25) is 0 Å². The van der Waals surface area contributed by atoms with Crippen LogP contribution in [0.1, 0.15) is 12.6 Å². The first-order chi connectivity index (χ1) is 9.15. The molecule has 2 aromatic rings. The Balaban J connectivity index is 2.91. The number of rotatable bonds is 4. The zero-order valence-electron chi connectivity index (χ0n) is 11.1. The van der Waals surface area contributed by atoms with Gasteiger partial charge < -0.3 is 14.9 Å². The van der Waals surface area contributed by atoms with Crippen molar-refractivity contribution in [2.75, 3.05) is 19.6 Å². The summed E-state index contributed by atoms with van der Waals surface area (Å²) in [7, 11) is 3.13. The molecule has 0 saturated heterocycles. The highest BCUT2D eigenvalue weighted by molar-refractivity contribution is 6.38. The van der Waals surface area contributed by atoms with Crippen molar-refractivity contribution in [2.24, 2.45) is 5.84 Å². The molecule has 0 atom stereocenters. The molecule has 0 aliphatic heterocycles. The molecule has 1 aromatic carbocycles. The van der Waals surface area contributed by atoms with Crippen molar-refractivity contribution in [3.63, 3.8) is 0 Å². The molecule has 0 fully saturated rings. The van der Waals surface area contributed by atoms with Crippen molar-refractivity contribution in [3.8, 4) is 11.5 Å². The lowest BCUT2D eigenvalue weighted by molar-refractivity contribution is 0.397. The zero-order chi connectivity index (χ0) is 14.0. The predicted molar refractivity (Wildman–Crippen MR) is 77.0 cm³/mol. The van der Waals surface area contributed by atoms with Crippen molar-refractivity contribution >= 4 is 28.2 Å². The minimum absolute atomic E-state index is 0.460. The first kappa shape index (κ1) is 13.7. The Hall–Kier alpha value is -1.72. The zero-order valence-corrected chi connectivity index (χ0v) is 11.8. The average Bonchev–Trinajstić information content (AvgIpc) is 2.46. The lowest BCUT2D eigenvalue weighted by Gasteiger charge is -2.14. The van der Waals surface area contributed by atoms with Gasteiger partial charge in [0.15, 0.2) is 0 Å². The maximum Gasteiger partial charge on any atom is 0.148 e. The molecule has 0 spiro atoms. The Morgan fingerprint density at radius 1 is 1.26 bits per heavy atom. The van der Waals surface area contributed by atoms with Crippen LogP contribution in [0.25, 0.3) is 10.9 Å². The molecule has 19 heavy (non-hydrogen) atoms. The number of ether oxygens (including phenoxy) is 2. The van der Waals surface area contributed by atoms with Gasteiger partial charge in [-0.2, -0.15) is 0 Å². The van der Waals surface area contributed by atoms with E-state index in [4.69, 9.17) is 26.9 Å². The third kappa shape index (κ3) is 2.27. The quantitative estimate of drug-likeness (QED) is 0.666. The van der Waals surface area contributed by atoms with Crippen LogP contribution in [0, 0.1) is 0 Å². The number of nitrogens with zero attached hydrogens (tertiary/aromatic N) is 1. The van der Waals surface area contributed by atoms with E-state index in [1.807, 2.05) is 13.0 Å². The molecule has 102 valence electrons. The van der Waals surface area contributed by atoms with Gasteiger partial charge in [-0.05, 0) is 12.5 Å². The molecule has 0 amide bonds. The molecule has 0 bridgehead atoms. The van der Waals surface area contributed by atoms with E-state index in [9.17, 15) is 0 Å². The summed E-state index contributed by atoms with van der Waals surface area (Å²) in [5.41, 5.74) is 4.92. The van der Waals surface area contributed by atoms with Gasteiger partial charge in [-0.15, -0.1) is 0 Å². The minimum atomic E-state index is 0.460. The highest BCUT2D eigenvalue weighted by Gasteiger charge is 2.17. The van der Waals surface area contributed by atoms with Crippen molar-refractivity contribution in [2.45, 2.75) is 13.3 Å². The molecule has 1 aromatic heterocycles. The Labute approximate surface area is 116 Å². The van der Waals surface area contributed by atoms with Crippen LogP contribution >= 0.6 is 11.6 Å². The van der Waals surface area contributed by atoms with Crippen LogP contribution in [0.3, 0.4) is 0 Å². The minimum Gasteiger partial charge on any atom is -0.495 e. The van der Waals surface area contributed by atoms with E-state index >= 15 is 0 Å². The highest BCUT2D eigenvalue weighted by Crippen LogP contribution is 2.41. The molecule has 0 aliphatic rings. The summed E-state index contributed by atoms with van der Waals surface area (Å²) < 4.78 is 10.6. The first-order valence-electron chi connectivity index (χ1n) is 5.86. The van der Waals surface area contributed by atoms with Gasteiger partial charge in [-0.3, -0.25) is 5.84 Å². The topological polar surface area (TPSA) is 69.4 Å². The van der Waals surface area contributed by atoms with Crippen LogP contribution in [-0.4, -0.2) is 19.2 Å². The molecule has 0 saturated carbocycles. The third-order valence-corrected chi connectivity index (χ3v) is 3.34. The van der Waals surface area contributed by atoms with Crippen LogP contribution in [0.15, 0.2) is 12.1 Å². The normalized spacial score (nSPS) is 10.6. The van der Waals surface area contributed by atoms with Crippen molar-refractivity contribution in [3.05, 3.63) is 22.8 Å². The number of nitrogens with one attached hydrogen (secondary N) is 1. The van der Waals surface area contributed by atoms with E-state index < -0.39 is 0 Å². The number of hydrogen-bond donors (Lipinski definition) is 2. The van der Waals surface area contributed by atoms with Crippen LogP contribution in [-0.2, 0) is 6.42 Å². The Bertz CT molecular complexity index is 617. The number of aromatic nitrogens is 1. The number of halogens is 1. The van der Waals surface area contributed by atoms with Crippen molar-refractivity contribution in [1.29, 1.82) is 0 Å². The fourth-order valence-corrected chi connectivity index (χ4v) is 2.29. The van der Waals surface area contributed by atoms with Crippen molar-refractivity contribution < 1.29 is 9.47 Å². The molecule has 6 heteroatoms. The van der Waals surface area contributed by atoms with Gasteiger partial charge in [0.25, 0.3) is 0 Å². The first-order valence-corrected chi connectivity index (χ1v) is 6.24. The van der Waals surface area contributed by atoms with Gasteiger partial charge in [0.05, 0.1) is 30.3 Å². The Kier molecular flexibility index (Phi) is 3.97. The molecular weight excluding hydrogens is 266 g/mol. The number of pyridine rings is 1. The van der Waals surface area contributed by atoms with E-state index in [1.165, 1.54) is 0 Å². The van der Waals surface area contributed by atoms with Crippen LogP contribution in [0.2, 0.25) is 5.02 Å². The van der Waals surface area contributed by atoms with Crippen LogP contribution in [0.4, 0.5) is 5.69 Å². The molecule has 0 aliphatic carbocycles. The molecular formula is C13H16ClN3O2. The summed E-state index contributed by atoms with van der Waals surface area (Å²) in [6, 6.07) is 3.59. The summed E-state index contributed by atoms with van der Waals surface area (Å²) in [6.07, 6.45) is 0.789. The maximum absolute atomic E-state index is 6.33. The Morgan fingerprint density at radius 3 is 2.47 bits per heavy atom. The third-order valence-electron chi connectivity index (χ3n) is 2.96. The van der Waals surface area contributed by atoms with Gasteiger partial charge in [0.1, 0.15) is 17.0 Å². The SMILES string of the molecule is CCc1cc(NN)c2c(Cl)c(OC)cc(OC)c2n1. The van der Waals surface area contributed by atoms with E-state index in [2.05, 4.69) is 10.4 Å². The van der Waals surface area contributed by atoms with Crippen molar-refractivity contribution in [1.82, 2.24) is 4.98 Å². The fourth-order valence-electron chi connectivity index (χ4n) is 1.97. The second-order valence-corrected chi connectivity index (χ2v) is 4.36. The lowest BCUT2D eigenvalue weighted by Crippen LogP contribution is -2.09. The average molecular weight is 282 g/mol. The number of nitrogen functional groups attached to an aromatic ring is 1. The molecule has 1 heterocycles. The molecule has 3 N–H and O–H groups in total. The smallest absolute Gasteiger partial charge is 0.148 e. The number of hydrogen-bond acceptors (Lipinski definition) is 5. The fraction of sp³-hybridized carbons (Fsp3) is 0.308. The summed E-state index contributed by atoms with van der Waals surface area (Å²) in [5.74, 6) is 6.70. The number of benzene rings is 1. The molecule has 0 unspecified atom stereocenters. The molecule has 5 nitrogen and oxygen atoms in total. The summed E-state index contributed by atoms with van der Waals surface area (Å²) >= 11 is 6.33. The van der Waals surface area contributed by atoms with Crippen LogP contribution in [0.5, 0.6) is 11.5 Å².